The third-order valence-electron chi connectivity index (χ3n) is 4.03. The molecule has 0 bridgehead atoms. The van der Waals surface area contributed by atoms with Crippen LogP contribution in [0.25, 0.3) is 0 Å². The fourth-order valence-electron chi connectivity index (χ4n) is 2.80. The van der Waals surface area contributed by atoms with Crippen molar-refractivity contribution in [2.45, 2.75) is 30.9 Å². The minimum absolute atomic E-state index is 0.118. The molecule has 2 aliphatic rings. The van der Waals surface area contributed by atoms with Crippen LogP contribution in [-0.4, -0.2) is 29.2 Å². The zero-order valence-electron chi connectivity index (χ0n) is 11.1. The van der Waals surface area contributed by atoms with Gasteiger partial charge < -0.3 is 9.64 Å². The molecule has 3 nitrogen and oxygen atoms in total. The first kappa shape index (κ1) is 13.1. The maximum Gasteiger partial charge on any atom is 0.253 e. The van der Waals surface area contributed by atoms with Gasteiger partial charge in [0, 0.05) is 24.0 Å². The summed E-state index contributed by atoms with van der Waals surface area (Å²) in [5.41, 5.74) is 3.14. The van der Waals surface area contributed by atoms with Crippen molar-refractivity contribution < 1.29 is 9.53 Å². The summed E-state index contributed by atoms with van der Waals surface area (Å²) in [5.74, 6) is 0.767. The van der Waals surface area contributed by atoms with Crippen molar-refractivity contribution in [2.24, 2.45) is 5.92 Å². The van der Waals surface area contributed by atoms with Crippen LogP contribution in [0, 0.1) is 5.92 Å². The van der Waals surface area contributed by atoms with Gasteiger partial charge in [-0.05, 0) is 42.0 Å². The number of hydrogen-bond acceptors (Lipinski definition) is 2. The van der Waals surface area contributed by atoms with Crippen LogP contribution in [0.1, 0.15) is 34.3 Å². The number of rotatable bonds is 3. The predicted octanol–water partition coefficient (Wildman–Crippen LogP) is 2.96. The van der Waals surface area contributed by atoms with Crippen LogP contribution in [0.4, 0.5) is 0 Å². The molecule has 0 N–H and O–H groups in total. The first-order chi connectivity index (χ1) is 9.13. The van der Waals surface area contributed by atoms with E-state index in [4.69, 9.17) is 4.74 Å². The van der Waals surface area contributed by atoms with E-state index < -0.39 is 0 Å². The zero-order valence-corrected chi connectivity index (χ0v) is 12.6. The lowest BCUT2D eigenvalue weighted by molar-refractivity contribution is 0.0748. The average Bonchev–Trinajstić information content (AvgIpc) is 2.83. The van der Waals surface area contributed by atoms with Gasteiger partial charge in [-0.3, -0.25) is 4.79 Å². The molecule has 1 aromatic rings. The predicted molar refractivity (Wildman–Crippen MR) is 77.3 cm³/mol. The number of nitrogens with zero attached hydrogens (tertiary/aromatic N) is 1. The van der Waals surface area contributed by atoms with Crippen molar-refractivity contribution in [3.05, 3.63) is 34.9 Å². The van der Waals surface area contributed by atoms with Gasteiger partial charge in [0.15, 0.2) is 0 Å². The number of fused-ring (bicyclic) bond motifs is 1. The van der Waals surface area contributed by atoms with Gasteiger partial charge in [-0.15, -0.1) is 0 Å². The summed E-state index contributed by atoms with van der Waals surface area (Å²) in [6.45, 7) is 2.16. The van der Waals surface area contributed by atoms with Gasteiger partial charge >= 0.3 is 0 Å². The van der Waals surface area contributed by atoms with Crippen LogP contribution in [-0.2, 0) is 18.0 Å². The van der Waals surface area contributed by atoms with E-state index in [0.29, 0.717) is 24.0 Å². The van der Waals surface area contributed by atoms with E-state index in [1.807, 2.05) is 30.1 Å². The highest BCUT2D eigenvalue weighted by molar-refractivity contribution is 9.09. The topological polar surface area (TPSA) is 29.5 Å². The van der Waals surface area contributed by atoms with E-state index in [-0.39, 0.29) is 5.91 Å². The Labute approximate surface area is 122 Å². The molecular weight excluding hydrogens is 306 g/mol. The van der Waals surface area contributed by atoms with Crippen LogP contribution < -0.4 is 0 Å². The second-order valence-corrected chi connectivity index (χ2v) is 6.89. The van der Waals surface area contributed by atoms with Crippen molar-refractivity contribution in [1.82, 2.24) is 4.90 Å². The lowest BCUT2D eigenvalue weighted by atomic mass is 9.85. The summed E-state index contributed by atoms with van der Waals surface area (Å²) < 4.78 is 5.38. The van der Waals surface area contributed by atoms with E-state index in [9.17, 15) is 4.79 Å². The molecule has 0 radical (unpaired) electrons. The number of carbonyl (C=O) groups excluding carboxylic acids is 1. The molecule has 1 aliphatic carbocycles. The Morgan fingerprint density at radius 2 is 2.11 bits per heavy atom. The number of amides is 1. The summed E-state index contributed by atoms with van der Waals surface area (Å²) in [4.78, 5) is 14.9. The van der Waals surface area contributed by atoms with E-state index in [1.165, 1.54) is 18.4 Å². The highest BCUT2D eigenvalue weighted by Gasteiger charge is 2.29. The minimum Gasteiger partial charge on any atom is -0.372 e. The van der Waals surface area contributed by atoms with Crippen molar-refractivity contribution in [1.29, 1.82) is 0 Å². The van der Waals surface area contributed by atoms with E-state index in [2.05, 4.69) is 15.9 Å². The number of hydrogen-bond donors (Lipinski definition) is 0. The molecule has 102 valence electrons. The highest BCUT2D eigenvalue weighted by atomic mass is 79.9. The molecule has 4 heteroatoms. The van der Waals surface area contributed by atoms with Crippen molar-refractivity contribution in [2.75, 3.05) is 13.6 Å². The standard InChI is InChI=1S/C15H18BrNO2/c1-17(7-10-4-14(16)5-10)15(18)11-2-3-12-8-19-9-13(12)6-11/h2-3,6,10,14H,4-5,7-9H2,1H3. The van der Waals surface area contributed by atoms with Gasteiger partial charge in [0.1, 0.15) is 0 Å². The van der Waals surface area contributed by atoms with Gasteiger partial charge in [0.05, 0.1) is 13.2 Å². The van der Waals surface area contributed by atoms with Crippen LogP contribution in [0.3, 0.4) is 0 Å². The highest BCUT2D eigenvalue weighted by Crippen LogP contribution is 2.33. The first-order valence-corrected chi connectivity index (χ1v) is 7.64. The fourth-order valence-corrected chi connectivity index (χ4v) is 3.86. The molecule has 1 aromatic carbocycles. The van der Waals surface area contributed by atoms with E-state index >= 15 is 0 Å². The van der Waals surface area contributed by atoms with Crippen molar-refractivity contribution in [3.63, 3.8) is 0 Å². The Morgan fingerprint density at radius 3 is 2.84 bits per heavy atom. The van der Waals surface area contributed by atoms with Gasteiger partial charge in [0.25, 0.3) is 5.91 Å². The maximum absolute atomic E-state index is 12.4. The molecule has 0 spiro atoms. The maximum atomic E-state index is 12.4. The Balaban J connectivity index is 1.66. The third-order valence-corrected chi connectivity index (χ3v) is 4.77. The van der Waals surface area contributed by atoms with Crippen molar-refractivity contribution >= 4 is 21.8 Å². The van der Waals surface area contributed by atoms with Crippen LogP contribution in [0.15, 0.2) is 18.2 Å². The molecule has 1 aliphatic heterocycles. The molecule has 0 atom stereocenters. The molecule has 3 rings (SSSR count). The molecule has 1 heterocycles. The van der Waals surface area contributed by atoms with Crippen LogP contribution >= 0.6 is 15.9 Å². The van der Waals surface area contributed by atoms with E-state index in [0.717, 1.165) is 17.7 Å². The van der Waals surface area contributed by atoms with Crippen molar-refractivity contribution in [3.8, 4) is 0 Å². The van der Waals surface area contributed by atoms with E-state index in [1.54, 1.807) is 0 Å². The lowest BCUT2D eigenvalue weighted by Crippen LogP contribution is -2.37. The number of ether oxygens (including phenoxy) is 1. The molecule has 0 saturated heterocycles. The summed E-state index contributed by atoms with van der Waals surface area (Å²) in [5, 5.41) is 0. The number of benzene rings is 1. The Kier molecular flexibility index (Phi) is 3.63. The fraction of sp³-hybridized carbons (Fsp3) is 0.533. The first-order valence-electron chi connectivity index (χ1n) is 6.72. The summed E-state index contributed by atoms with van der Waals surface area (Å²) in [6.07, 6.45) is 2.35. The minimum atomic E-state index is 0.118. The third kappa shape index (κ3) is 2.70. The Morgan fingerprint density at radius 1 is 1.37 bits per heavy atom. The number of alkyl halides is 1. The quantitative estimate of drug-likeness (QED) is 0.800. The monoisotopic (exact) mass is 323 g/mol. The molecule has 1 fully saturated rings. The number of carbonyl (C=O) groups is 1. The normalized spacial score (nSPS) is 24.7. The lowest BCUT2D eigenvalue weighted by Gasteiger charge is -2.34. The van der Waals surface area contributed by atoms with Gasteiger partial charge in [-0.25, -0.2) is 0 Å². The molecule has 1 saturated carbocycles. The molecule has 1 amide bonds. The number of halogens is 1. The largest absolute Gasteiger partial charge is 0.372 e. The second-order valence-electron chi connectivity index (χ2n) is 5.60. The molecule has 19 heavy (non-hydrogen) atoms. The smallest absolute Gasteiger partial charge is 0.253 e. The van der Waals surface area contributed by atoms with Gasteiger partial charge in [-0.2, -0.15) is 0 Å². The Bertz CT molecular complexity index is 497. The molecular formula is C15H18BrNO2. The summed E-state index contributed by atoms with van der Waals surface area (Å²) in [6, 6.07) is 5.91. The SMILES string of the molecule is CN(CC1CC(Br)C1)C(=O)c1ccc2c(c1)COC2. The van der Waals surface area contributed by atoms with Gasteiger partial charge in [-0.1, -0.05) is 22.0 Å². The zero-order chi connectivity index (χ0) is 13.4. The van der Waals surface area contributed by atoms with Gasteiger partial charge in [0.2, 0.25) is 0 Å². The summed E-state index contributed by atoms with van der Waals surface area (Å²) in [7, 11) is 1.90. The average molecular weight is 324 g/mol. The second kappa shape index (κ2) is 5.25. The summed E-state index contributed by atoms with van der Waals surface area (Å²) >= 11 is 3.59. The molecule has 0 unspecified atom stereocenters. The Hall–Kier alpha value is -0.870. The van der Waals surface area contributed by atoms with Crippen LogP contribution in [0.5, 0.6) is 0 Å². The van der Waals surface area contributed by atoms with Crippen LogP contribution in [0.2, 0.25) is 0 Å². The molecule has 0 aromatic heterocycles.